The number of hydrogen-bond acceptors (Lipinski definition) is 3. The zero-order valence-electron chi connectivity index (χ0n) is 16.2. The van der Waals surface area contributed by atoms with Crippen LogP contribution in [0.3, 0.4) is 0 Å². The van der Waals surface area contributed by atoms with Gasteiger partial charge in [0.1, 0.15) is 0 Å². The van der Waals surface area contributed by atoms with E-state index in [-0.39, 0.29) is 24.9 Å². The van der Waals surface area contributed by atoms with Crippen LogP contribution in [0.15, 0.2) is 54.6 Å². The number of nitrogens with zero attached hydrogens (tertiary/aromatic N) is 1. The third kappa shape index (κ3) is 6.40. The number of nitrogens with one attached hydrogen (secondary N) is 1. The summed E-state index contributed by atoms with van der Waals surface area (Å²) in [6.45, 7) is 4.27. The Bertz CT molecular complexity index is 833. The first-order chi connectivity index (χ1) is 12.8. The third-order valence-corrected chi connectivity index (χ3v) is 5.67. The van der Waals surface area contributed by atoms with E-state index in [0.717, 1.165) is 17.5 Å². The molecule has 1 unspecified atom stereocenters. The average Bonchev–Trinajstić information content (AvgIpc) is 2.65. The predicted octanol–water partition coefficient (Wildman–Crippen LogP) is 3.67. The van der Waals surface area contributed by atoms with Crippen LogP contribution in [-0.2, 0) is 21.2 Å². The molecular formula is C21H28N2O3S. The van der Waals surface area contributed by atoms with Gasteiger partial charge >= 0.3 is 0 Å². The molecule has 0 bridgehead atoms. The van der Waals surface area contributed by atoms with Crippen LogP contribution in [0, 0.1) is 0 Å². The highest BCUT2D eigenvalue weighted by molar-refractivity contribution is 7.92. The summed E-state index contributed by atoms with van der Waals surface area (Å²) in [6, 6.07) is 17.2. The molecule has 1 amide bonds. The summed E-state index contributed by atoms with van der Waals surface area (Å²) in [5, 5.41) is 2.96. The van der Waals surface area contributed by atoms with Crippen molar-refractivity contribution in [3.8, 4) is 0 Å². The lowest BCUT2D eigenvalue weighted by Crippen LogP contribution is -2.32. The van der Waals surface area contributed by atoms with Gasteiger partial charge in [0.15, 0.2) is 0 Å². The molecule has 0 aliphatic heterocycles. The van der Waals surface area contributed by atoms with Crippen LogP contribution in [0.25, 0.3) is 0 Å². The quantitative estimate of drug-likeness (QED) is 0.713. The second kappa shape index (κ2) is 9.55. The fourth-order valence-electron chi connectivity index (χ4n) is 2.91. The molecule has 2 rings (SSSR count). The van der Waals surface area contributed by atoms with E-state index in [1.54, 1.807) is 0 Å². The van der Waals surface area contributed by atoms with Gasteiger partial charge in [0.2, 0.25) is 15.9 Å². The minimum absolute atomic E-state index is 0.0775. The predicted molar refractivity (Wildman–Crippen MR) is 110 cm³/mol. The van der Waals surface area contributed by atoms with E-state index in [1.807, 2.05) is 61.5 Å². The molecule has 0 saturated heterocycles. The molecule has 0 aromatic heterocycles. The lowest BCUT2D eigenvalue weighted by molar-refractivity contribution is -0.121. The van der Waals surface area contributed by atoms with Crippen molar-refractivity contribution in [3.63, 3.8) is 0 Å². The second-order valence-corrected chi connectivity index (χ2v) is 8.57. The van der Waals surface area contributed by atoms with E-state index in [9.17, 15) is 13.2 Å². The Morgan fingerprint density at radius 2 is 1.70 bits per heavy atom. The summed E-state index contributed by atoms with van der Waals surface area (Å²) < 4.78 is 25.7. The van der Waals surface area contributed by atoms with Crippen molar-refractivity contribution in [2.75, 3.05) is 17.1 Å². The topological polar surface area (TPSA) is 66.5 Å². The maximum atomic E-state index is 12.2. The summed E-state index contributed by atoms with van der Waals surface area (Å²) in [4.78, 5) is 12.2. The first kappa shape index (κ1) is 21.0. The maximum absolute atomic E-state index is 12.2. The van der Waals surface area contributed by atoms with E-state index in [4.69, 9.17) is 0 Å². The van der Waals surface area contributed by atoms with Gasteiger partial charge in [-0.25, -0.2) is 8.42 Å². The van der Waals surface area contributed by atoms with Gasteiger partial charge in [0.25, 0.3) is 0 Å². The molecule has 1 atom stereocenters. The molecule has 0 fully saturated rings. The van der Waals surface area contributed by atoms with Gasteiger partial charge < -0.3 is 5.32 Å². The Morgan fingerprint density at radius 3 is 2.26 bits per heavy atom. The highest BCUT2D eigenvalue weighted by Crippen LogP contribution is 2.19. The summed E-state index contributed by atoms with van der Waals surface area (Å²) in [7, 11) is -3.40. The van der Waals surface area contributed by atoms with E-state index in [1.165, 1.54) is 10.6 Å². The van der Waals surface area contributed by atoms with Crippen LogP contribution >= 0.6 is 0 Å². The Balaban J connectivity index is 1.92. The van der Waals surface area contributed by atoms with Gasteiger partial charge in [0.05, 0.1) is 18.0 Å². The third-order valence-electron chi connectivity index (χ3n) is 4.48. The highest BCUT2D eigenvalue weighted by atomic mass is 32.2. The molecule has 2 aromatic carbocycles. The Kier molecular flexibility index (Phi) is 7.42. The highest BCUT2D eigenvalue weighted by Gasteiger charge is 2.18. The average molecular weight is 389 g/mol. The normalized spacial score (nSPS) is 12.4. The maximum Gasteiger partial charge on any atom is 0.232 e. The lowest BCUT2D eigenvalue weighted by atomic mass is 10.1. The number of benzene rings is 2. The molecule has 27 heavy (non-hydrogen) atoms. The molecule has 6 heteroatoms. The Morgan fingerprint density at radius 1 is 1.07 bits per heavy atom. The molecule has 0 aliphatic rings. The van der Waals surface area contributed by atoms with Gasteiger partial charge in [-0.15, -0.1) is 0 Å². The van der Waals surface area contributed by atoms with Crippen LogP contribution in [-0.4, -0.2) is 27.1 Å². The van der Waals surface area contributed by atoms with E-state index in [0.29, 0.717) is 12.1 Å². The zero-order chi connectivity index (χ0) is 19.9. The minimum atomic E-state index is -3.40. The van der Waals surface area contributed by atoms with Crippen molar-refractivity contribution >= 4 is 21.6 Å². The number of carbonyl (C=O) groups is 1. The zero-order valence-corrected chi connectivity index (χ0v) is 17.0. The number of hydrogen-bond donors (Lipinski definition) is 1. The van der Waals surface area contributed by atoms with E-state index < -0.39 is 10.0 Å². The smallest absolute Gasteiger partial charge is 0.232 e. The molecule has 0 saturated carbocycles. The standard InChI is InChI=1S/C21H28N2O3S/c1-4-18-12-14-20(15-13-18)23(27(3,25)26)16-8-11-21(24)22-17(2)19-9-6-5-7-10-19/h5-7,9-10,12-15,17H,4,8,11,16H2,1-3H3,(H,22,24). The second-order valence-electron chi connectivity index (χ2n) is 6.66. The first-order valence-electron chi connectivity index (χ1n) is 9.22. The molecule has 146 valence electrons. The number of amides is 1. The monoisotopic (exact) mass is 388 g/mol. The molecule has 0 spiro atoms. The molecule has 0 aliphatic carbocycles. The Labute approximate surface area is 162 Å². The summed E-state index contributed by atoms with van der Waals surface area (Å²) in [5.74, 6) is -0.0823. The minimum Gasteiger partial charge on any atom is -0.350 e. The number of sulfonamides is 1. The summed E-state index contributed by atoms with van der Waals surface area (Å²) in [5.41, 5.74) is 2.83. The molecule has 0 radical (unpaired) electrons. The van der Waals surface area contributed by atoms with Gasteiger partial charge in [0, 0.05) is 13.0 Å². The van der Waals surface area contributed by atoms with Gasteiger partial charge in [-0.05, 0) is 43.0 Å². The van der Waals surface area contributed by atoms with Crippen molar-refractivity contribution in [1.82, 2.24) is 5.32 Å². The summed E-state index contributed by atoms with van der Waals surface area (Å²) >= 11 is 0. The van der Waals surface area contributed by atoms with E-state index >= 15 is 0 Å². The van der Waals surface area contributed by atoms with Crippen LogP contribution in [0.4, 0.5) is 5.69 Å². The lowest BCUT2D eigenvalue weighted by Gasteiger charge is -2.23. The van der Waals surface area contributed by atoms with Crippen molar-refractivity contribution < 1.29 is 13.2 Å². The summed E-state index contributed by atoms with van der Waals surface area (Å²) in [6.07, 6.45) is 2.82. The van der Waals surface area contributed by atoms with Gasteiger partial charge in [-0.2, -0.15) is 0 Å². The fourth-order valence-corrected chi connectivity index (χ4v) is 3.87. The molecule has 0 heterocycles. The largest absolute Gasteiger partial charge is 0.350 e. The number of rotatable bonds is 9. The molecule has 2 aromatic rings. The van der Waals surface area contributed by atoms with Crippen molar-refractivity contribution in [3.05, 3.63) is 65.7 Å². The van der Waals surface area contributed by atoms with Crippen LogP contribution in [0.2, 0.25) is 0 Å². The molecular weight excluding hydrogens is 360 g/mol. The van der Waals surface area contributed by atoms with Gasteiger partial charge in [-0.1, -0.05) is 49.4 Å². The Hall–Kier alpha value is -2.34. The number of aryl methyl sites for hydroxylation is 1. The van der Waals surface area contributed by atoms with Crippen LogP contribution in [0.5, 0.6) is 0 Å². The van der Waals surface area contributed by atoms with Crippen molar-refractivity contribution in [1.29, 1.82) is 0 Å². The number of carbonyl (C=O) groups excluding carboxylic acids is 1. The van der Waals surface area contributed by atoms with Crippen molar-refractivity contribution in [2.45, 2.75) is 39.2 Å². The SMILES string of the molecule is CCc1ccc(N(CCCC(=O)NC(C)c2ccccc2)S(C)(=O)=O)cc1. The van der Waals surface area contributed by atoms with Gasteiger partial charge in [-0.3, -0.25) is 9.10 Å². The molecule has 5 nitrogen and oxygen atoms in total. The number of anilines is 1. The first-order valence-corrected chi connectivity index (χ1v) is 11.1. The van der Waals surface area contributed by atoms with Crippen molar-refractivity contribution in [2.24, 2.45) is 0 Å². The van der Waals surface area contributed by atoms with E-state index in [2.05, 4.69) is 12.2 Å². The molecule has 1 N–H and O–H groups in total. The fraction of sp³-hybridized carbons (Fsp3) is 0.381. The van der Waals surface area contributed by atoms with Crippen LogP contribution in [0.1, 0.15) is 43.9 Å². The van der Waals surface area contributed by atoms with Crippen LogP contribution < -0.4 is 9.62 Å².